The molecule has 0 atom stereocenters. The maximum Gasteiger partial charge on any atom is 0.360 e. The molecule has 0 spiro atoms. The van der Waals surface area contributed by atoms with E-state index in [-0.39, 0.29) is 17.5 Å². The van der Waals surface area contributed by atoms with Gasteiger partial charge in [-0.2, -0.15) is 0 Å². The van der Waals surface area contributed by atoms with Crippen molar-refractivity contribution in [3.63, 3.8) is 0 Å². The number of carbonyl (C=O) groups is 1. The summed E-state index contributed by atoms with van der Waals surface area (Å²) in [7, 11) is 0. The Balaban J connectivity index is 0.000000290. The van der Waals surface area contributed by atoms with Crippen molar-refractivity contribution in [2.45, 2.75) is 39.0 Å². The maximum atomic E-state index is 12.0. The molecule has 152 valence electrons. The number of allylic oxidation sites excluding steroid dienone is 1. The van der Waals surface area contributed by atoms with Crippen molar-refractivity contribution >= 4 is 50.6 Å². The second-order valence-electron chi connectivity index (χ2n) is 6.73. The molecule has 0 bridgehead atoms. The van der Waals surface area contributed by atoms with Crippen molar-refractivity contribution in [3.8, 4) is 10.4 Å². The molecule has 0 radical (unpaired) electrons. The molecule has 1 aromatic carbocycles. The molecule has 3 aromatic rings. The summed E-state index contributed by atoms with van der Waals surface area (Å²) in [6.07, 6.45) is 6.79. The van der Waals surface area contributed by atoms with Crippen LogP contribution in [-0.2, 0) is 4.74 Å². The highest BCUT2D eigenvalue weighted by molar-refractivity contribution is 7.22. The van der Waals surface area contributed by atoms with Gasteiger partial charge in [-0.3, -0.25) is 0 Å². The van der Waals surface area contributed by atoms with Crippen LogP contribution in [-0.4, -0.2) is 22.8 Å². The summed E-state index contributed by atoms with van der Waals surface area (Å²) in [6, 6.07) is 9.33. The van der Waals surface area contributed by atoms with Gasteiger partial charge in [0.25, 0.3) is 0 Å². The third kappa shape index (κ3) is 5.56. The molecule has 0 unspecified atom stereocenters. The average molecular weight is 449 g/mol. The minimum atomic E-state index is -0.499. The molecule has 0 N–H and O–H groups in total. The normalized spacial score (nSPS) is 13.7. The number of thiophene rings is 1. The zero-order chi connectivity index (χ0) is 20.8. The largest absolute Gasteiger partial charge is 0.461 e. The van der Waals surface area contributed by atoms with Crippen LogP contribution in [0.4, 0.5) is 0 Å². The number of hydrogen-bond acceptors (Lipinski definition) is 5. The van der Waals surface area contributed by atoms with E-state index in [9.17, 15) is 4.79 Å². The van der Waals surface area contributed by atoms with E-state index in [1.54, 1.807) is 6.92 Å². The van der Waals surface area contributed by atoms with Crippen LogP contribution in [0.15, 0.2) is 42.5 Å². The summed E-state index contributed by atoms with van der Waals surface area (Å²) in [6.45, 7) is 5.93. The highest BCUT2D eigenvalue weighted by Gasteiger charge is 2.19. The molecule has 29 heavy (non-hydrogen) atoms. The quantitative estimate of drug-likeness (QED) is 0.310. The molecule has 1 aliphatic rings. The van der Waals surface area contributed by atoms with Gasteiger partial charge in [-0.1, -0.05) is 53.9 Å². The van der Waals surface area contributed by atoms with Gasteiger partial charge in [-0.25, -0.2) is 4.79 Å². The van der Waals surface area contributed by atoms with E-state index in [0.717, 1.165) is 10.4 Å². The van der Waals surface area contributed by atoms with Gasteiger partial charge in [0.1, 0.15) is 0 Å². The van der Waals surface area contributed by atoms with Crippen LogP contribution < -0.4 is 0 Å². The van der Waals surface area contributed by atoms with Crippen molar-refractivity contribution in [1.29, 1.82) is 0 Å². The summed E-state index contributed by atoms with van der Waals surface area (Å²) in [5.74, 6) is -0.499. The Kier molecular flexibility index (Phi) is 7.64. The third-order valence-corrected chi connectivity index (χ3v) is 6.29. The van der Waals surface area contributed by atoms with Crippen LogP contribution in [0, 0.1) is 0 Å². The van der Waals surface area contributed by atoms with E-state index in [1.165, 1.54) is 49.0 Å². The Bertz CT molecular complexity index is 1010. The van der Waals surface area contributed by atoms with Crippen LogP contribution in [0.5, 0.6) is 0 Å². The minimum absolute atomic E-state index is 0.187. The van der Waals surface area contributed by atoms with Gasteiger partial charge in [0.15, 0.2) is 10.8 Å². The Morgan fingerprint density at radius 3 is 2.41 bits per heavy atom. The van der Waals surface area contributed by atoms with Gasteiger partial charge in [-0.15, -0.1) is 21.5 Å². The first-order valence-electron chi connectivity index (χ1n) is 9.55. The zero-order valence-corrected chi connectivity index (χ0v) is 18.5. The van der Waals surface area contributed by atoms with Crippen molar-refractivity contribution in [2.75, 3.05) is 6.61 Å². The Labute approximate surface area is 184 Å². The number of nitrogens with zero attached hydrogens (tertiary/aromatic N) is 2. The van der Waals surface area contributed by atoms with E-state index in [1.807, 2.05) is 30.3 Å². The molecule has 4 nitrogen and oxygen atoms in total. The standard InChI is InChI=1S/C15H10Cl2N2O2S.C7H12/c1-2-21-15(20)12-13-10(14(17)19-18-12)7-11(22-13)8-3-5-9(16)6-4-8;1-7-5-3-2-4-6-7/h3-7H,2H2,1H3;1-6H2. The second-order valence-corrected chi connectivity index (χ2v) is 8.58. The highest BCUT2D eigenvalue weighted by atomic mass is 35.5. The van der Waals surface area contributed by atoms with Crippen molar-refractivity contribution in [3.05, 3.63) is 58.4 Å². The Morgan fingerprint density at radius 2 is 1.83 bits per heavy atom. The molecule has 1 aliphatic carbocycles. The fraction of sp³-hybridized carbons (Fsp3) is 0.318. The molecule has 2 heterocycles. The van der Waals surface area contributed by atoms with Crippen LogP contribution in [0.3, 0.4) is 0 Å². The monoisotopic (exact) mass is 448 g/mol. The fourth-order valence-electron chi connectivity index (χ4n) is 3.05. The van der Waals surface area contributed by atoms with E-state index in [4.69, 9.17) is 27.9 Å². The SMILES string of the molecule is C=C1CCCCC1.CCOC(=O)c1nnc(Cl)c2cc(-c3ccc(Cl)cc3)sc12. The first-order chi connectivity index (χ1) is 14.0. The third-order valence-electron chi connectivity index (χ3n) is 4.57. The molecule has 7 heteroatoms. The van der Waals surface area contributed by atoms with Crippen molar-refractivity contribution < 1.29 is 9.53 Å². The predicted molar refractivity (Wildman–Crippen MR) is 121 cm³/mol. The molecule has 0 aliphatic heterocycles. The lowest BCUT2D eigenvalue weighted by molar-refractivity contribution is 0.0521. The summed E-state index contributed by atoms with van der Waals surface area (Å²) in [4.78, 5) is 12.9. The molecule has 1 fully saturated rings. The molecule has 0 saturated heterocycles. The number of halogens is 2. The number of benzene rings is 1. The Hall–Kier alpha value is -1.95. The van der Waals surface area contributed by atoms with E-state index in [0.29, 0.717) is 15.1 Å². The van der Waals surface area contributed by atoms with E-state index in [2.05, 4.69) is 16.8 Å². The highest BCUT2D eigenvalue weighted by Crippen LogP contribution is 2.37. The van der Waals surface area contributed by atoms with Crippen molar-refractivity contribution in [2.24, 2.45) is 0 Å². The van der Waals surface area contributed by atoms with Crippen LogP contribution >= 0.6 is 34.5 Å². The van der Waals surface area contributed by atoms with E-state index < -0.39 is 5.97 Å². The van der Waals surface area contributed by atoms with Gasteiger partial charge < -0.3 is 4.74 Å². The molecule has 4 rings (SSSR count). The fourth-order valence-corrected chi connectivity index (χ4v) is 4.56. The molecule has 1 saturated carbocycles. The lowest BCUT2D eigenvalue weighted by Gasteiger charge is -2.10. The number of rotatable bonds is 3. The van der Waals surface area contributed by atoms with Gasteiger partial charge in [0.05, 0.1) is 11.3 Å². The molecular weight excluding hydrogens is 427 g/mol. The molecular formula is C22H22Cl2N2O2S. The van der Waals surface area contributed by atoms with E-state index >= 15 is 0 Å². The van der Waals surface area contributed by atoms with Crippen LogP contribution in [0.1, 0.15) is 49.5 Å². The minimum Gasteiger partial charge on any atom is -0.461 e. The maximum absolute atomic E-state index is 12.0. The molecule has 2 aromatic heterocycles. The number of esters is 1. The summed E-state index contributed by atoms with van der Waals surface area (Å²) in [5, 5.41) is 9.33. The Morgan fingerprint density at radius 1 is 1.14 bits per heavy atom. The lowest BCUT2D eigenvalue weighted by atomic mass is 9.97. The van der Waals surface area contributed by atoms with Crippen LogP contribution in [0.25, 0.3) is 20.5 Å². The number of ether oxygens (including phenoxy) is 1. The summed E-state index contributed by atoms with van der Waals surface area (Å²) in [5.41, 5.74) is 2.63. The summed E-state index contributed by atoms with van der Waals surface area (Å²) >= 11 is 13.4. The van der Waals surface area contributed by atoms with Gasteiger partial charge in [0.2, 0.25) is 0 Å². The number of hydrogen-bond donors (Lipinski definition) is 0. The van der Waals surface area contributed by atoms with Gasteiger partial charge >= 0.3 is 5.97 Å². The average Bonchev–Trinajstić information content (AvgIpc) is 3.16. The van der Waals surface area contributed by atoms with Gasteiger partial charge in [-0.05, 0) is 56.4 Å². The first kappa shape index (κ1) is 21.8. The predicted octanol–water partition coefficient (Wildman–Crippen LogP) is 7.35. The van der Waals surface area contributed by atoms with Gasteiger partial charge in [0, 0.05) is 15.3 Å². The topological polar surface area (TPSA) is 52.1 Å². The first-order valence-corrected chi connectivity index (χ1v) is 11.1. The summed E-state index contributed by atoms with van der Waals surface area (Å²) < 4.78 is 5.68. The smallest absolute Gasteiger partial charge is 0.360 e. The number of aromatic nitrogens is 2. The zero-order valence-electron chi connectivity index (χ0n) is 16.2. The van der Waals surface area contributed by atoms with Crippen molar-refractivity contribution in [1.82, 2.24) is 10.2 Å². The van der Waals surface area contributed by atoms with Crippen LogP contribution in [0.2, 0.25) is 10.2 Å². The number of carbonyl (C=O) groups excluding carboxylic acids is 1. The number of fused-ring (bicyclic) bond motifs is 1. The second kappa shape index (κ2) is 10.2. The lowest BCUT2D eigenvalue weighted by Crippen LogP contribution is -2.08. The molecule has 0 amide bonds.